The number of rotatable bonds is 9. The fraction of sp³-hybridized carbons (Fsp3) is 0.700. The fourth-order valence-corrected chi connectivity index (χ4v) is 4.58. The molecule has 2 fully saturated rings. The molecule has 5 atom stereocenters. The number of unbranched alkanes of at least 4 members (excludes halogenated alkanes) is 1. The topological polar surface area (TPSA) is 91.3 Å². The van der Waals surface area contributed by atoms with Crippen molar-refractivity contribution >= 4 is 10.1 Å². The lowest BCUT2D eigenvalue weighted by molar-refractivity contribution is -0.242. The molecule has 2 saturated heterocycles. The van der Waals surface area contributed by atoms with Gasteiger partial charge in [-0.3, -0.25) is 4.18 Å². The number of aliphatic hydroxyl groups is 1. The summed E-state index contributed by atoms with van der Waals surface area (Å²) in [7, 11) is -3.93. The van der Waals surface area contributed by atoms with Crippen molar-refractivity contribution in [2.45, 2.75) is 88.2 Å². The van der Waals surface area contributed by atoms with Gasteiger partial charge < -0.3 is 19.3 Å². The van der Waals surface area contributed by atoms with Gasteiger partial charge in [0.25, 0.3) is 10.1 Å². The van der Waals surface area contributed by atoms with E-state index in [9.17, 15) is 13.5 Å². The zero-order valence-corrected chi connectivity index (χ0v) is 17.5. The van der Waals surface area contributed by atoms with E-state index in [-0.39, 0.29) is 11.5 Å². The van der Waals surface area contributed by atoms with Gasteiger partial charge in [0.05, 0.1) is 11.5 Å². The highest BCUT2D eigenvalue weighted by Crippen LogP contribution is 2.42. The van der Waals surface area contributed by atoms with E-state index in [0.717, 1.165) is 37.7 Å². The Morgan fingerprint density at radius 1 is 1.11 bits per heavy atom. The molecule has 0 radical (unpaired) electrons. The first-order chi connectivity index (χ1) is 13.3. The van der Waals surface area contributed by atoms with Gasteiger partial charge in [-0.1, -0.05) is 44.4 Å². The van der Waals surface area contributed by atoms with Gasteiger partial charge in [-0.25, -0.2) is 0 Å². The lowest BCUT2D eigenvalue weighted by Gasteiger charge is -2.30. The van der Waals surface area contributed by atoms with Gasteiger partial charge >= 0.3 is 0 Å². The predicted octanol–water partition coefficient (Wildman–Crippen LogP) is 2.89. The smallest absolute Gasteiger partial charge is 0.297 e. The molecule has 0 bridgehead atoms. The molecule has 2 aliphatic rings. The molecule has 7 nitrogen and oxygen atoms in total. The van der Waals surface area contributed by atoms with Gasteiger partial charge in [-0.05, 0) is 25.5 Å². The molecule has 2 heterocycles. The van der Waals surface area contributed by atoms with Crippen LogP contribution < -0.4 is 0 Å². The molecule has 8 heteroatoms. The number of aryl methyl sites for hydroxylation is 1. The van der Waals surface area contributed by atoms with Crippen molar-refractivity contribution in [2.75, 3.05) is 6.61 Å². The van der Waals surface area contributed by atoms with E-state index >= 15 is 0 Å². The van der Waals surface area contributed by atoms with Crippen LogP contribution in [0, 0.1) is 6.92 Å². The van der Waals surface area contributed by atoms with E-state index in [2.05, 4.69) is 13.8 Å². The van der Waals surface area contributed by atoms with E-state index < -0.39 is 40.5 Å². The molecule has 0 spiro atoms. The standard InChI is InChI=1S/C20H30O7S/c1-4-6-12-20(11-5-2)26-18-17(21)16(25-19(18)27-20)13-24-28(22,23)15-9-7-14(3)8-10-15/h7-10,16-19,21H,4-6,11-13H2,1-3H3/t16-,17+,18-,19-,20?/m1/s1. The summed E-state index contributed by atoms with van der Waals surface area (Å²) >= 11 is 0. The maximum Gasteiger partial charge on any atom is 0.297 e. The summed E-state index contributed by atoms with van der Waals surface area (Å²) in [6.45, 7) is 5.73. The Labute approximate surface area is 167 Å². The average Bonchev–Trinajstić information content (AvgIpc) is 3.15. The second-order valence-corrected chi connectivity index (χ2v) is 9.17. The van der Waals surface area contributed by atoms with E-state index in [0.29, 0.717) is 0 Å². The van der Waals surface area contributed by atoms with Gasteiger partial charge in [0.1, 0.15) is 18.3 Å². The summed E-state index contributed by atoms with van der Waals surface area (Å²) in [5.74, 6) is -0.735. The third-order valence-corrected chi connectivity index (χ3v) is 6.51. The van der Waals surface area contributed by atoms with Gasteiger partial charge in [0.15, 0.2) is 12.1 Å². The molecule has 3 rings (SSSR count). The Bertz CT molecular complexity index is 748. The molecule has 158 valence electrons. The van der Waals surface area contributed by atoms with E-state index in [1.54, 1.807) is 12.1 Å². The quantitative estimate of drug-likeness (QED) is 0.621. The van der Waals surface area contributed by atoms with E-state index in [1.807, 2.05) is 6.92 Å². The first kappa shape index (κ1) is 21.7. The molecular weight excluding hydrogens is 384 g/mol. The van der Waals surface area contributed by atoms with Gasteiger partial charge in [0.2, 0.25) is 0 Å². The van der Waals surface area contributed by atoms with Crippen molar-refractivity contribution in [3.05, 3.63) is 29.8 Å². The Hall–Kier alpha value is -1.03. The van der Waals surface area contributed by atoms with Crippen LogP contribution in [0.5, 0.6) is 0 Å². The van der Waals surface area contributed by atoms with Crippen LogP contribution in [0.1, 0.15) is 51.5 Å². The summed E-state index contributed by atoms with van der Waals surface area (Å²) in [5.41, 5.74) is 0.953. The summed E-state index contributed by atoms with van der Waals surface area (Å²) < 4.78 is 47.7. The highest BCUT2D eigenvalue weighted by molar-refractivity contribution is 7.86. The summed E-state index contributed by atoms with van der Waals surface area (Å²) in [5, 5.41) is 10.6. The second-order valence-electron chi connectivity index (χ2n) is 7.55. The molecule has 1 aromatic carbocycles. The van der Waals surface area contributed by atoms with Crippen LogP contribution >= 0.6 is 0 Å². The zero-order chi connectivity index (χ0) is 20.4. The van der Waals surface area contributed by atoms with E-state index in [1.165, 1.54) is 12.1 Å². The normalized spacial score (nSPS) is 32.6. The Kier molecular flexibility index (Phi) is 6.79. The summed E-state index contributed by atoms with van der Waals surface area (Å²) in [6.07, 6.45) is 1.12. The number of hydrogen-bond acceptors (Lipinski definition) is 7. The molecule has 28 heavy (non-hydrogen) atoms. The van der Waals surface area contributed by atoms with Crippen LogP contribution in [-0.4, -0.2) is 50.5 Å². The minimum absolute atomic E-state index is 0.0693. The van der Waals surface area contributed by atoms with Crippen LogP contribution in [0.15, 0.2) is 29.2 Å². The average molecular weight is 415 g/mol. The monoisotopic (exact) mass is 414 g/mol. The third-order valence-electron chi connectivity index (χ3n) is 5.22. The van der Waals surface area contributed by atoms with Crippen molar-refractivity contribution < 1.29 is 31.9 Å². The lowest BCUT2D eigenvalue weighted by Crippen LogP contribution is -2.39. The third kappa shape index (κ3) is 4.58. The molecule has 1 aromatic rings. The Morgan fingerprint density at radius 3 is 2.43 bits per heavy atom. The maximum absolute atomic E-state index is 12.3. The van der Waals surface area contributed by atoms with Crippen LogP contribution in [0.25, 0.3) is 0 Å². The molecule has 0 amide bonds. The molecule has 1 unspecified atom stereocenters. The fourth-order valence-electron chi connectivity index (χ4n) is 3.67. The summed E-state index contributed by atoms with van der Waals surface area (Å²) in [4.78, 5) is 0.0693. The van der Waals surface area contributed by atoms with Crippen molar-refractivity contribution in [1.29, 1.82) is 0 Å². The van der Waals surface area contributed by atoms with Crippen LogP contribution in [-0.2, 0) is 28.5 Å². The van der Waals surface area contributed by atoms with Crippen molar-refractivity contribution in [2.24, 2.45) is 0 Å². The number of fused-ring (bicyclic) bond motifs is 1. The highest BCUT2D eigenvalue weighted by Gasteiger charge is 2.57. The lowest BCUT2D eigenvalue weighted by atomic mass is 10.0. The van der Waals surface area contributed by atoms with Crippen molar-refractivity contribution in [3.8, 4) is 0 Å². The predicted molar refractivity (Wildman–Crippen MR) is 102 cm³/mol. The largest absolute Gasteiger partial charge is 0.387 e. The van der Waals surface area contributed by atoms with Crippen LogP contribution in [0.3, 0.4) is 0 Å². The number of hydrogen-bond donors (Lipinski definition) is 1. The first-order valence-electron chi connectivity index (χ1n) is 9.95. The SMILES string of the molecule is CCCCC1(CCC)O[C@H]2O[C@H](COS(=O)(=O)c3ccc(C)cc3)[C@H](O)[C@H]2O1. The first-order valence-corrected chi connectivity index (χ1v) is 11.4. The Balaban J connectivity index is 1.60. The molecule has 2 aliphatic heterocycles. The van der Waals surface area contributed by atoms with Gasteiger partial charge in [-0.2, -0.15) is 8.42 Å². The highest BCUT2D eigenvalue weighted by atomic mass is 32.2. The molecule has 0 saturated carbocycles. The van der Waals surface area contributed by atoms with Crippen LogP contribution in [0.2, 0.25) is 0 Å². The van der Waals surface area contributed by atoms with E-state index in [4.69, 9.17) is 18.4 Å². The van der Waals surface area contributed by atoms with Gasteiger partial charge in [0, 0.05) is 12.8 Å². The van der Waals surface area contributed by atoms with Crippen molar-refractivity contribution in [3.63, 3.8) is 0 Å². The number of aliphatic hydroxyl groups excluding tert-OH is 1. The molecule has 0 aliphatic carbocycles. The minimum atomic E-state index is -3.93. The number of ether oxygens (including phenoxy) is 3. The van der Waals surface area contributed by atoms with Gasteiger partial charge in [-0.15, -0.1) is 0 Å². The molecule has 0 aromatic heterocycles. The molecular formula is C20H30O7S. The van der Waals surface area contributed by atoms with Crippen molar-refractivity contribution in [1.82, 2.24) is 0 Å². The minimum Gasteiger partial charge on any atom is -0.387 e. The maximum atomic E-state index is 12.3. The second kappa shape index (κ2) is 8.77. The zero-order valence-electron chi connectivity index (χ0n) is 16.7. The van der Waals surface area contributed by atoms with Crippen LogP contribution in [0.4, 0.5) is 0 Å². The molecule has 1 N–H and O–H groups in total. The Morgan fingerprint density at radius 2 is 1.82 bits per heavy atom. The number of benzene rings is 1. The summed E-state index contributed by atoms with van der Waals surface area (Å²) in [6, 6.07) is 6.38.